The third-order valence-corrected chi connectivity index (χ3v) is 6.75. The molecule has 5 rings (SSSR count). The van der Waals surface area contributed by atoms with Crippen molar-refractivity contribution in [2.75, 3.05) is 0 Å². The number of hydrogen-bond acceptors (Lipinski definition) is 3. The molecule has 3 N–H and O–H groups in total. The first-order valence-electron chi connectivity index (χ1n) is 12.6. The van der Waals surface area contributed by atoms with Gasteiger partial charge in [0.1, 0.15) is 6.04 Å². The molecule has 1 unspecified atom stereocenters. The Hall–Kier alpha value is -4.62. The molecule has 3 aromatic carbocycles. The molecular formula is C31H27ClN4O3. The summed E-state index contributed by atoms with van der Waals surface area (Å²) in [4.78, 5) is 27.9. The van der Waals surface area contributed by atoms with Gasteiger partial charge in [0.2, 0.25) is 5.91 Å². The zero-order valence-corrected chi connectivity index (χ0v) is 21.8. The Morgan fingerprint density at radius 1 is 1.03 bits per heavy atom. The number of aromatic amines is 1. The van der Waals surface area contributed by atoms with Gasteiger partial charge in [0.05, 0.1) is 11.4 Å². The van der Waals surface area contributed by atoms with E-state index in [1.54, 1.807) is 23.0 Å². The van der Waals surface area contributed by atoms with Crippen LogP contribution < -0.4 is 5.32 Å². The Kier molecular flexibility index (Phi) is 7.89. The molecule has 39 heavy (non-hydrogen) atoms. The van der Waals surface area contributed by atoms with Gasteiger partial charge in [-0.2, -0.15) is 5.10 Å². The molecule has 5 aromatic rings. The van der Waals surface area contributed by atoms with Gasteiger partial charge in [-0.05, 0) is 54.3 Å². The van der Waals surface area contributed by atoms with Gasteiger partial charge in [0, 0.05) is 46.4 Å². The number of para-hydroxylation sites is 1. The quantitative estimate of drug-likeness (QED) is 0.201. The number of carboxylic acid groups (broad SMARTS) is 1. The van der Waals surface area contributed by atoms with Gasteiger partial charge in [-0.15, -0.1) is 0 Å². The number of hydrogen-bond donors (Lipinski definition) is 3. The van der Waals surface area contributed by atoms with Gasteiger partial charge in [-0.1, -0.05) is 66.2 Å². The van der Waals surface area contributed by atoms with Crippen LogP contribution in [0, 0.1) is 0 Å². The topological polar surface area (TPSA) is 100 Å². The second kappa shape index (κ2) is 11.8. The molecule has 0 radical (unpaired) electrons. The maximum absolute atomic E-state index is 12.8. The molecule has 2 heterocycles. The number of nitrogens with one attached hydrogen (secondary N) is 2. The van der Waals surface area contributed by atoms with E-state index in [1.165, 1.54) is 11.6 Å². The van der Waals surface area contributed by atoms with Gasteiger partial charge < -0.3 is 15.4 Å². The van der Waals surface area contributed by atoms with Crippen LogP contribution in [0.1, 0.15) is 22.4 Å². The third kappa shape index (κ3) is 6.45. The molecule has 1 atom stereocenters. The van der Waals surface area contributed by atoms with Crippen LogP contribution >= 0.6 is 11.6 Å². The molecule has 8 heteroatoms. The van der Waals surface area contributed by atoms with Crippen LogP contribution in [-0.4, -0.2) is 37.8 Å². The summed E-state index contributed by atoms with van der Waals surface area (Å²) in [5.74, 6) is -1.59. The predicted octanol–water partition coefficient (Wildman–Crippen LogP) is 5.62. The first-order chi connectivity index (χ1) is 19.0. The lowest BCUT2D eigenvalue weighted by Crippen LogP contribution is -2.41. The second-order valence-electron chi connectivity index (χ2n) is 9.24. The summed E-state index contributed by atoms with van der Waals surface area (Å²) in [5, 5.41) is 18.7. The summed E-state index contributed by atoms with van der Waals surface area (Å²) in [6.45, 7) is 0. The lowest BCUT2D eigenvalue weighted by molar-refractivity contribution is -0.141. The fraction of sp³-hybridized carbons (Fsp3) is 0.129. The van der Waals surface area contributed by atoms with Crippen molar-refractivity contribution in [3.8, 4) is 5.69 Å². The minimum absolute atomic E-state index is 0.161. The van der Waals surface area contributed by atoms with Gasteiger partial charge >= 0.3 is 5.97 Å². The third-order valence-electron chi connectivity index (χ3n) is 6.52. The van der Waals surface area contributed by atoms with E-state index < -0.39 is 17.9 Å². The number of rotatable bonds is 10. The zero-order chi connectivity index (χ0) is 27.2. The van der Waals surface area contributed by atoms with E-state index in [0.717, 1.165) is 39.8 Å². The number of amides is 1. The Balaban J connectivity index is 1.34. The predicted molar refractivity (Wildman–Crippen MR) is 153 cm³/mol. The summed E-state index contributed by atoms with van der Waals surface area (Å²) >= 11 is 6.18. The lowest BCUT2D eigenvalue weighted by atomic mass is 10.0. The number of carbonyl (C=O) groups is 2. The van der Waals surface area contributed by atoms with E-state index >= 15 is 0 Å². The first-order valence-corrected chi connectivity index (χ1v) is 13.0. The van der Waals surface area contributed by atoms with E-state index in [9.17, 15) is 14.7 Å². The maximum atomic E-state index is 12.8. The number of aromatic nitrogens is 3. The van der Waals surface area contributed by atoms with E-state index in [1.807, 2.05) is 66.9 Å². The molecule has 1 amide bonds. The number of carboxylic acids is 1. The van der Waals surface area contributed by atoms with Gasteiger partial charge in [-0.25, -0.2) is 9.48 Å². The largest absolute Gasteiger partial charge is 0.480 e. The van der Waals surface area contributed by atoms with Crippen molar-refractivity contribution in [3.05, 3.63) is 125 Å². The number of benzene rings is 3. The summed E-state index contributed by atoms with van der Waals surface area (Å²) in [6.07, 6.45) is 8.27. The normalized spacial score (nSPS) is 12.1. The highest BCUT2D eigenvalue weighted by atomic mass is 35.5. The summed E-state index contributed by atoms with van der Waals surface area (Å²) in [5.41, 5.74) is 5.32. The lowest BCUT2D eigenvalue weighted by Gasteiger charge is -2.12. The zero-order valence-electron chi connectivity index (χ0n) is 21.0. The minimum atomic E-state index is -1.10. The number of aliphatic carboxylic acids is 1. The number of fused-ring (bicyclic) bond motifs is 1. The van der Waals surface area contributed by atoms with E-state index in [0.29, 0.717) is 11.4 Å². The fourth-order valence-corrected chi connectivity index (χ4v) is 4.71. The molecule has 0 fully saturated rings. The molecule has 0 spiro atoms. The van der Waals surface area contributed by atoms with Crippen LogP contribution in [-0.2, 0) is 28.9 Å². The molecule has 2 aromatic heterocycles. The van der Waals surface area contributed by atoms with Crippen LogP contribution in [0.2, 0.25) is 5.02 Å². The maximum Gasteiger partial charge on any atom is 0.326 e. The van der Waals surface area contributed by atoms with Crippen LogP contribution in [0.15, 0.2) is 97.3 Å². The standard InChI is InChI=1S/C31H27ClN4O3/c32-24-9-6-10-25(18-24)36-20-22(27(35-36)15-13-21-7-2-1-3-8-21)14-16-30(37)34-29(31(38)39)17-23-19-33-28-12-5-4-11-26(23)28/h1-12,14,16,18-20,29,33H,13,15,17H2,(H,34,37)(H,38,39)/b16-14-. The van der Waals surface area contributed by atoms with Crippen molar-refractivity contribution in [3.63, 3.8) is 0 Å². The Labute approximate surface area is 230 Å². The molecular weight excluding hydrogens is 512 g/mol. The van der Waals surface area contributed by atoms with Crippen molar-refractivity contribution in [1.82, 2.24) is 20.1 Å². The van der Waals surface area contributed by atoms with Crippen molar-refractivity contribution < 1.29 is 14.7 Å². The molecule has 0 saturated carbocycles. The van der Waals surface area contributed by atoms with Crippen molar-refractivity contribution in [2.24, 2.45) is 0 Å². The van der Waals surface area contributed by atoms with Crippen LogP contribution in [0.25, 0.3) is 22.7 Å². The highest BCUT2D eigenvalue weighted by Gasteiger charge is 2.21. The Morgan fingerprint density at radius 3 is 2.62 bits per heavy atom. The molecule has 0 aliphatic heterocycles. The number of halogens is 1. The molecule has 196 valence electrons. The minimum Gasteiger partial charge on any atom is -0.480 e. The highest BCUT2D eigenvalue weighted by Crippen LogP contribution is 2.21. The van der Waals surface area contributed by atoms with Gasteiger partial charge in [-0.3, -0.25) is 4.79 Å². The average Bonchev–Trinajstić information content (AvgIpc) is 3.55. The first kappa shape index (κ1) is 26.0. The van der Waals surface area contributed by atoms with Crippen molar-refractivity contribution in [1.29, 1.82) is 0 Å². The van der Waals surface area contributed by atoms with Gasteiger partial charge in [0.25, 0.3) is 0 Å². The highest BCUT2D eigenvalue weighted by molar-refractivity contribution is 6.30. The second-order valence-corrected chi connectivity index (χ2v) is 9.67. The van der Waals surface area contributed by atoms with Crippen LogP contribution in [0.4, 0.5) is 0 Å². The summed E-state index contributed by atoms with van der Waals surface area (Å²) in [6, 6.07) is 24.1. The Morgan fingerprint density at radius 2 is 1.82 bits per heavy atom. The number of H-pyrrole nitrogens is 1. The molecule has 0 aliphatic carbocycles. The number of aryl methyl sites for hydroxylation is 2. The average molecular weight is 539 g/mol. The Bertz CT molecular complexity index is 1640. The molecule has 0 saturated heterocycles. The van der Waals surface area contributed by atoms with E-state index in [2.05, 4.69) is 22.4 Å². The smallest absolute Gasteiger partial charge is 0.326 e. The molecule has 7 nitrogen and oxygen atoms in total. The van der Waals surface area contributed by atoms with Crippen LogP contribution in [0.5, 0.6) is 0 Å². The van der Waals surface area contributed by atoms with Crippen molar-refractivity contribution >= 4 is 40.5 Å². The summed E-state index contributed by atoms with van der Waals surface area (Å²) in [7, 11) is 0. The molecule has 0 aliphatic rings. The number of nitrogens with zero attached hydrogens (tertiary/aromatic N) is 2. The molecule has 0 bridgehead atoms. The van der Waals surface area contributed by atoms with E-state index in [-0.39, 0.29) is 6.42 Å². The fourth-order valence-electron chi connectivity index (χ4n) is 4.52. The number of carbonyl (C=O) groups excluding carboxylic acids is 1. The monoisotopic (exact) mass is 538 g/mol. The van der Waals surface area contributed by atoms with Crippen molar-refractivity contribution in [2.45, 2.75) is 25.3 Å². The summed E-state index contributed by atoms with van der Waals surface area (Å²) < 4.78 is 1.74. The van der Waals surface area contributed by atoms with Gasteiger partial charge in [0.15, 0.2) is 0 Å². The van der Waals surface area contributed by atoms with E-state index in [4.69, 9.17) is 16.7 Å². The van der Waals surface area contributed by atoms with Crippen LogP contribution in [0.3, 0.4) is 0 Å². The SMILES string of the molecule is O=C(/C=C\c1cn(-c2cccc(Cl)c2)nc1CCc1ccccc1)NC(Cc1c[nH]c2ccccc12)C(=O)O.